The van der Waals surface area contributed by atoms with Crippen LogP contribution >= 0.6 is 0 Å². The van der Waals surface area contributed by atoms with Crippen LogP contribution in [0.1, 0.15) is 16.1 Å². The van der Waals surface area contributed by atoms with Crippen LogP contribution in [0.25, 0.3) is 11.5 Å². The second-order valence-corrected chi connectivity index (χ2v) is 4.47. The molecule has 7 nitrogen and oxygen atoms in total. The molecule has 0 atom stereocenters. The Hall–Kier alpha value is -3.22. The number of anilines is 1. The molecule has 0 aliphatic rings. The van der Waals surface area contributed by atoms with Crippen molar-refractivity contribution in [3.63, 3.8) is 0 Å². The first kappa shape index (κ1) is 13.7. The van der Waals surface area contributed by atoms with Gasteiger partial charge < -0.3 is 15.5 Å². The van der Waals surface area contributed by atoms with Gasteiger partial charge in [0.25, 0.3) is 5.91 Å². The van der Waals surface area contributed by atoms with E-state index in [9.17, 15) is 4.79 Å². The molecule has 0 aliphatic carbocycles. The average molecular weight is 295 g/mol. The van der Waals surface area contributed by atoms with Crippen LogP contribution in [0.4, 0.5) is 5.82 Å². The second-order valence-electron chi connectivity index (χ2n) is 4.47. The van der Waals surface area contributed by atoms with Crippen LogP contribution in [-0.2, 0) is 6.54 Å². The zero-order chi connectivity index (χ0) is 15.4. The van der Waals surface area contributed by atoms with Gasteiger partial charge in [-0.25, -0.2) is 9.97 Å². The summed E-state index contributed by atoms with van der Waals surface area (Å²) in [6.45, 7) is 0.271. The fourth-order valence-corrected chi connectivity index (χ4v) is 1.86. The van der Waals surface area contributed by atoms with E-state index in [-0.39, 0.29) is 23.8 Å². The molecule has 1 amide bonds. The number of hydrogen-bond acceptors (Lipinski definition) is 6. The Morgan fingerprint density at radius 3 is 2.82 bits per heavy atom. The molecule has 0 unspecified atom stereocenters. The van der Waals surface area contributed by atoms with E-state index in [0.29, 0.717) is 17.3 Å². The van der Waals surface area contributed by atoms with Gasteiger partial charge >= 0.3 is 0 Å². The fourth-order valence-electron chi connectivity index (χ4n) is 1.86. The molecule has 0 spiro atoms. The number of nitrogens with zero attached hydrogens (tertiary/aromatic N) is 3. The summed E-state index contributed by atoms with van der Waals surface area (Å²) in [5, 5.41) is 2.69. The number of amides is 1. The molecule has 22 heavy (non-hydrogen) atoms. The minimum atomic E-state index is -0.360. The predicted molar refractivity (Wildman–Crippen MR) is 79.6 cm³/mol. The smallest absolute Gasteiger partial charge is 0.256 e. The molecule has 0 aromatic carbocycles. The van der Waals surface area contributed by atoms with E-state index in [4.69, 9.17) is 10.2 Å². The number of pyridine rings is 1. The molecule has 110 valence electrons. The summed E-state index contributed by atoms with van der Waals surface area (Å²) in [7, 11) is 0. The number of nitrogens with one attached hydrogen (secondary N) is 1. The number of carbonyl (C=O) groups excluding carboxylic acids is 1. The zero-order valence-electron chi connectivity index (χ0n) is 11.6. The molecule has 0 aliphatic heterocycles. The van der Waals surface area contributed by atoms with Gasteiger partial charge in [0.05, 0.1) is 18.4 Å². The van der Waals surface area contributed by atoms with Gasteiger partial charge in [-0.2, -0.15) is 0 Å². The topological polar surface area (TPSA) is 107 Å². The van der Waals surface area contributed by atoms with E-state index in [0.717, 1.165) is 0 Å². The first-order valence-electron chi connectivity index (χ1n) is 6.58. The molecule has 7 heteroatoms. The van der Waals surface area contributed by atoms with E-state index in [2.05, 4.69) is 20.3 Å². The van der Waals surface area contributed by atoms with Crippen molar-refractivity contribution < 1.29 is 9.21 Å². The van der Waals surface area contributed by atoms with Gasteiger partial charge in [0.2, 0.25) is 0 Å². The quantitative estimate of drug-likeness (QED) is 0.757. The summed E-state index contributed by atoms with van der Waals surface area (Å²) >= 11 is 0. The van der Waals surface area contributed by atoms with Crippen molar-refractivity contribution in [1.29, 1.82) is 0 Å². The molecule has 3 heterocycles. The number of aromatic nitrogens is 3. The monoisotopic (exact) mass is 295 g/mol. The Morgan fingerprint density at radius 2 is 2.14 bits per heavy atom. The largest absolute Gasteiger partial charge is 0.467 e. The molecule has 0 saturated carbocycles. The molecule has 0 radical (unpaired) electrons. The highest BCUT2D eigenvalue weighted by molar-refractivity contribution is 5.98. The summed E-state index contributed by atoms with van der Waals surface area (Å²) in [6.07, 6.45) is 4.57. The van der Waals surface area contributed by atoms with Crippen molar-refractivity contribution in [1.82, 2.24) is 20.3 Å². The van der Waals surface area contributed by atoms with Crippen LogP contribution in [-0.4, -0.2) is 20.9 Å². The first-order chi connectivity index (χ1) is 10.7. The Kier molecular flexibility index (Phi) is 3.78. The molecule has 3 aromatic heterocycles. The summed E-state index contributed by atoms with van der Waals surface area (Å²) < 4.78 is 5.14. The summed E-state index contributed by atoms with van der Waals surface area (Å²) in [5.74, 6) is 0.771. The molecule has 0 saturated heterocycles. The minimum Gasteiger partial charge on any atom is -0.467 e. The molecular weight excluding hydrogens is 282 g/mol. The van der Waals surface area contributed by atoms with Gasteiger partial charge in [0.1, 0.15) is 17.3 Å². The van der Waals surface area contributed by atoms with Crippen LogP contribution in [0.2, 0.25) is 0 Å². The van der Waals surface area contributed by atoms with Crippen molar-refractivity contribution in [3.05, 3.63) is 60.3 Å². The Balaban J connectivity index is 1.76. The van der Waals surface area contributed by atoms with Crippen LogP contribution in [0.3, 0.4) is 0 Å². The summed E-state index contributed by atoms with van der Waals surface area (Å²) in [5.41, 5.74) is 6.65. The van der Waals surface area contributed by atoms with Crippen LogP contribution in [0.5, 0.6) is 0 Å². The van der Waals surface area contributed by atoms with Gasteiger partial charge in [-0.15, -0.1) is 0 Å². The lowest BCUT2D eigenvalue weighted by Crippen LogP contribution is -2.24. The van der Waals surface area contributed by atoms with Gasteiger partial charge in [-0.3, -0.25) is 9.78 Å². The number of nitrogen functional groups attached to an aromatic ring is 1. The molecule has 3 N–H and O–H groups in total. The maximum Gasteiger partial charge on any atom is 0.256 e. The molecular formula is C15H13N5O2. The Labute approximate surface area is 126 Å². The van der Waals surface area contributed by atoms with Crippen molar-refractivity contribution >= 4 is 11.7 Å². The SMILES string of the molecule is Nc1nc(-c2ccccn2)ncc1C(=O)NCc1ccco1. The number of rotatable bonds is 4. The van der Waals surface area contributed by atoms with Gasteiger partial charge in [0, 0.05) is 12.4 Å². The van der Waals surface area contributed by atoms with E-state index in [1.807, 2.05) is 6.07 Å². The minimum absolute atomic E-state index is 0.104. The third-order valence-corrected chi connectivity index (χ3v) is 2.96. The lowest BCUT2D eigenvalue weighted by Gasteiger charge is -2.07. The van der Waals surface area contributed by atoms with Crippen molar-refractivity contribution in [2.45, 2.75) is 6.54 Å². The fraction of sp³-hybridized carbons (Fsp3) is 0.0667. The van der Waals surface area contributed by atoms with E-state index in [1.165, 1.54) is 6.20 Å². The van der Waals surface area contributed by atoms with Crippen molar-refractivity contribution in [2.75, 3.05) is 5.73 Å². The number of carbonyl (C=O) groups is 1. The third kappa shape index (κ3) is 2.93. The normalized spacial score (nSPS) is 10.4. The molecule has 0 bridgehead atoms. The number of furan rings is 1. The Morgan fingerprint density at radius 1 is 1.23 bits per heavy atom. The van der Waals surface area contributed by atoms with E-state index >= 15 is 0 Å². The highest BCUT2D eigenvalue weighted by Crippen LogP contribution is 2.15. The number of nitrogens with two attached hydrogens (primary N) is 1. The Bertz CT molecular complexity index is 772. The van der Waals surface area contributed by atoms with Crippen LogP contribution < -0.4 is 11.1 Å². The second kappa shape index (κ2) is 6.04. The van der Waals surface area contributed by atoms with Crippen molar-refractivity contribution in [3.8, 4) is 11.5 Å². The first-order valence-corrected chi connectivity index (χ1v) is 6.58. The zero-order valence-corrected chi connectivity index (χ0v) is 11.6. The van der Waals surface area contributed by atoms with Gasteiger partial charge in [-0.1, -0.05) is 6.07 Å². The third-order valence-electron chi connectivity index (χ3n) is 2.96. The molecule has 3 aromatic rings. The number of hydrogen-bond donors (Lipinski definition) is 2. The standard InChI is InChI=1S/C15H13N5O2/c16-13-11(15(21)19-8-10-4-3-7-22-10)9-18-14(20-13)12-5-1-2-6-17-12/h1-7,9H,8H2,(H,19,21)(H2,16,18,20). The van der Waals surface area contributed by atoms with Crippen molar-refractivity contribution in [2.24, 2.45) is 0 Å². The van der Waals surface area contributed by atoms with E-state index in [1.54, 1.807) is 36.7 Å². The predicted octanol–water partition coefficient (Wildman–Crippen LogP) is 1.64. The molecule has 0 fully saturated rings. The van der Waals surface area contributed by atoms with Crippen LogP contribution in [0.15, 0.2) is 53.4 Å². The average Bonchev–Trinajstić information content (AvgIpc) is 3.07. The molecule has 3 rings (SSSR count). The lowest BCUT2D eigenvalue weighted by molar-refractivity contribution is 0.0948. The lowest BCUT2D eigenvalue weighted by atomic mass is 10.2. The highest BCUT2D eigenvalue weighted by Gasteiger charge is 2.13. The summed E-state index contributed by atoms with van der Waals surface area (Å²) in [6, 6.07) is 8.91. The highest BCUT2D eigenvalue weighted by atomic mass is 16.3. The maximum atomic E-state index is 12.1. The maximum absolute atomic E-state index is 12.1. The van der Waals surface area contributed by atoms with E-state index < -0.39 is 0 Å². The van der Waals surface area contributed by atoms with Gasteiger partial charge in [0.15, 0.2) is 5.82 Å². The summed E-state index contributed by atoms with van der Waals surface area (Å²) in [4.78, 5) is 24.5. The van der Waals surface area contributed by atoms with Gasteiger partial charge in [-0.05, 0) is 24.3 Å². The van der Waals surface area contributed by atoms with Crippen LogP contribution in [0, 0.1) is 0 Å².